The summed E-state index contributed by atoms with van der Waals surface area (Å²) in [5.41, 5.74) is 0.674. The highest BCUT2D eigenvalue weighted by Crippen LogP contribution is 2.34. The highest BCUT2D eigenvalue weighted by Gasteiger charge is 2.32. The summed E-state index contributed by atoms with van der Waals surface area (Å²) >= 11 is 1.34. The summed E-state index contributed by atoms with van der Waals surface area (Å²) < 4.78 is 10.6. The van der Waals surface area contributed by atoms with E-state index in [4.69, 9.17) is 9.47 Å². The number of morpholine rings is 1. The van der Waals surface area contributed by atoms with Gasteiger partial charge in [-0.1, -0.05) is 31.6 Å². The van der Waals surface area contributed by atoms with Gasteiger partial charge in [-0.2, -0.15) is 0 Å². The molecule has 2 aliphatic rings. The standard InChI is InChI=1S/C31H45NO5S/c1-21-10-12-23(13-11-21)28(34)24(8-7-9-27(33)32-16-17-37-22(2)20-32)18-25-19-26(14-15-31(3,4)5)38-29(25)30(35)36-6/h19,21-24H,7-13,16-18,20H2,1-6H3. The summed E-state index contributed by atoms with van der Waals surface area (Å²) in [6.45, 7) is 12.2. The van der Waals surface area contributed by atoms with Gasteiger partial charge in [0.1, 0.15) is 10.7 Å². The Hall–Kier alpha value is -2.17. The van der Waals surface area contributed by atoms with E-state index < -0.39 is 0 Å². The molecule has 2 unspecified atom stereocenters. The molecule has 0 spiro atoms. The first-order valence-electron chi connectivity index (χ1n) is 14.1. The van der Waals surface area contributed by atoms with Crippen molar-refractivity contribution in [3.8, 4) is 11.8 Å². The van der Waals surface area contributed by atoms with Gasteiger partial charge < -0.3 is 14.4 Å². The zero-order chi connectivity index (χ0) is 27.9. The third-order valence-electron chi connectivity index (χ3n) is 7.56. The van der Waals surface area contributed by atoms with Crippen molar-refractivity contribution in [2.45, 2.75) is 92.1 Å². The van der Waals surface area contributed by atoms with Gasteiger partial charge in [-0.3, -0.25) is 9.59 Å². The maximum Gasteiger partial charge on any atom is 0.348 e. The second-order valence-electron chi connectivity index (χ2n) is 12.1. The Balaban J connectivity index is 1.77. The highest BCUT2D eigenvalue weighted by molar-refractivity contribution is 7.14. The number of Topliss-reactive ketones (excluding diaryl/α,β-unsaturated/α-hetero) is 1. The van der Waals surface area contributed by atoms with Gasteiger partial charge in [-0.25, -0.2) is 4.79 Å². The fourth-order valence-electron chi connectivity index (χ4n) is 5.35. The van der Waals surface area contributed by atoms with Gasteiger partial charge in [0, 0.05) is 36.8 Å². The smallest absolute Gasteiger partial charge is 0.348 e. The zero-order valence-corrected chi connectivity index (χ0v) is 24.9. The van der Waals surface area contributed by atoms with E-state index in [1.54, 1.807) is 0 Å². The monoisotopic (exact) mass is 543 g/mol. The lowest BCUT2D eigenvalue weighted by atomic mass is 9.75. The molecule has 1 saturated heterocycles. The Morgan fingerprint density at radius 2 is 1.89 bits per heavy atom. The molecule has 0 aromatic carbocycles. The fourth-order valence-corrected chi connectivity index (χ4v) is 6.31. The van der Waals surface area contributed by atoms with Crippen LogP contribution in [0.15, 0.2) is 6.07 Å². The van der Waals surface area contributed by atoms with Crippen molar-refractivity contribution in [3.05, 3.63) is 21.4 Å². The molecule has 7 heteroatoms. The third kappa shape index (κ3) is 8.95. The molecular weight excluding hydrogens is 498 g/mol. The number of amides is 1. The molecular formula is C31H45NO5S. The number of carbonyl (C=O) groups is 3. The number of esters is 1. The van der Waals surface area contributed by atoms with E-state index >= 15 is 0 Å². The van der Waals surface area contributed by atoms with Crippen LogP contribution in [-0.2, 0) is 25.5 Å². The van der Waals surface area contributed by atoms with Gasteiger partial charge in [-0.15, -0.1) is 11.3 Å². The van der Waals surface area contributed by atoms with Gasteiger partial charge in [0.15, 0.2) is 0 Å². The first-order chi connectivity index (χ1) is 18.0. The van der Waals surface area contributed by atoms with Gasteiger partial charge in [0.25, 0.3) is 0 Å². The third-order valence-corrected chi connectivity index (χ3v) is 8.64. The molecule has 1 aromatic rings. The maximum absolute atomic E-state index is 13.8. The number of hydrogen-bond donors (Lipinski definition) is 0. The van der Waals surface area contributed by atoms with Gasteiger partial charge >= 0.3 is 5.97 Å². The SMILES string of the molecule is COC(=O)c1sc(C#CC(C)(C)C)cc1CC(CCCC(=O)N1CCOC(C)C1)C(=O)C1CCC(C)CC1. The minimum atomic E-state index is -0.386. The molecule has 1 aliphatic heterocycles. The second-order valence-corrected chi connectivity index (χ2v) is 13.2. The average Bonchev–Trinajstić information content (AvgIpc) is 3.28. The molecule has 0 N–H and O–H groups in total. The summed E-state index contributed by atoms with van der Waals surface area (Å²) in [6, 6.07) is 1.96. The lowest BCUT2D eigenvalue weighted by Crippen LogP contribution is -2.44. The summed E-state index contributed by atoms with van der Waals surface area (Å²) in [5, 5.41) is 0. The summed E-state index contributed by atoms with van der Waals surface area (Å²) in [4.78, 5) is 42.5. The zero-order valence-electron chi connectivity index (χ0n) is 24.1. The van der Waals surface area contributed by atoms with Crippen molar-refractivity contribution < 1.29 is 23.9 Å². The van der Waals surface area contributed by atoms with Crippen molar-refractivity contribution in [1.29, 1.82) is 0 Å². The van der Waals surface area contributed by atoms with Crippen LogP contribution in [0.4, 0.5) is 0 Å². The minimum Gasteiger partial charge on any atom is -0.465 e. The second kappa shape index (κ2) is 13.8. The van der Waals surface area contributed by atoms with Crippen LogP contribution in [0.25, 0.3) is 0 Å². The van der Waals surface area contributed by atoms with Crippen LogP contribution in [-0.4, -0.2) is 55.5 Å². The van der Waals surface area contributed by atoms with Crippen molar-refractivity contribution in [2.75, 3.05) is 26.8 Å². The van der Waals surface area contributed by atoms with Crippen molar-refractivity contribution >= 4 is 29.0 Å². The van der Waals surface area contributed by atoms with Crippen LogP contribution in [0.2, 0.25) is 0 Å². The Morgan fingerprint density at radius 1 is 1.18 bits per heavy atom. The number of rotatable bonds is 9. The van der Waals surface area contributed by atoms with Crippen molar-refractivity contribution in [3.63, 3.8) is 0 Å². The number of ether oxygens (including phenoxy) is 2. The highest BCUT2D eigenvalue weighted by atomic mass is 32.1. The van der Waals surface area contributed by atoms with E-state index in [2.05, 4.69) is 18.8 Å². The Morgan fingerprint density at radius 3 is 2.53 bits per heavy atom. The molecule has 0 bridgehead atoms. The Kier molecular flexibility index (Phi) is 11.0. The van der Waals surface area contributed by atoms with E-state index in [9.17, 15) is 14.4 Å². The first-order valence-corrected chi connectivity index (χ1v) is 15.0. The molecule has 3 rings (SSSR count). The molecule has 2 heterocycles. The van der Waals surface area contributed by atoms with Crippen LogP contribution in [0.1, 0.15) is 99.7 Å². The molecule has 0 radical (unpaired) electrons. The van der Waals surface area contributed by atoms with Gasteiger partial charge in [0.2, 0.25) is 5.91 Å². The van der Waals surface area contributed by atoms with Crippen molar-refractivity contribution in [1.82, 2.24) is 4.90 Å². The lowest BCUT2D eigenvalue weighted by Gasteiger charge is -2.31. The van der Waals surface area contributed by atoms with E-state index in [1.807, 2.05) is 38.7 Å². The number of thiophene rings is 1. The van der Waals surface area contributed by atoms with Gasteiger partial charge in [0.05, 0.1) is 24.7 Å². The molecule has 38 heavy (non-hydrogen) atoms. The molecule has 210 valence electrons. The molecule has 6 nitrogen and oxygen atoms in total. The quantitative estimate of drug-likeness (QED) is 0.286. The molecule has 2 atom stereocenters. The number of nitrogens with zero attached hydrogens (tertiary/aromatic N) is 1. The number of methoxy groups -OCH3 is 1. The van der Waals surface area contributed by atoms with Crippen LogP contribution in [0, 0.1) is 35.0 Å². The van der Waals surface area contributed by atoms with Gasteiger partial charge in [-0.05, 0) is 77.3 Å². The molecule has 1 amide bonds. The minimum absolute atomic E-state index is 0.0571. The molecule has 1 aliphatic carbocycles. The lowest BCUT2D eigenvalue weighted by molar-refractivity contribution is -0.138. The number of carbonyl (C=O) groups excluding carboxylic acids is 3. The van der Waals surface area contributed by atoms with E-state index in [1.165, 1.54) is 18.4 Å². The Labute approximate surface area is 232 Å². The first kappa shape index (κ1) is 30.4. The summed E-state index contributed by atoms with van der Waals surface area (Å²) in [5.74, 6) is 6.97. The van der Waals surface area contributed by atoms with Crippen molar-refractivity contribution in [2.24, 2.45) is 23.2 Å². The van der Waals surface area contributed by atoms with Crippen LogP contribution in [0.3, 0.4) is 0 Å². The fraction of sp³-hybridized carbons (Fsp3) is 0.710. The van der Waals surface area contributed by atoms with Crippen LogP contribution >= 0.6 is 11.3 Å². The summed E-state index contributed by atoms with van der Waals surface area (Å²) in [7, 11) is 1.39. The number of ketones is 1. The van der Waals surface area contributed by atoms with E-state index in [-0.39, 0.29) is 41.0 Å². The topological polar surface area (TPSA) is 72.9 Å². The van der Waals surface area contributed by atoms with Crippen LogP contribution in [0.5, 0.6) is 0 Å². The van der Waals surface area contributed by atoms with E-state index in [0.29, 0.717) is 56.2 Å². The molecule has 1 aromatic heterocycles. The predicted octanol–water partition coefficient (Wildman–Crippen LogP) is 5.90. The number of hydrogen-bond acceptors (Lipinski definition) is 6. The normalized spacial score (nSPS) is 22.8. The molecule has 1 saturated carbocycles. The maximum atomic E-state index is 13.8. The molecule has 2 fully saturated rings. The van der Waals surface area contributed by atoms with Crippen LogP contribution < -0.4 is 0 Å². The summed E-state index contributed by atoms with van der Waals surface area (Å²) in [6.07, 6.45) is 6.26. The largest absolute Gasteiger partial charge is 0.465 e. The average molecular weight is 544 g/mol. The predicted molar refractivity (Wildman–Crippen MR) is 151 cm³/mol. The van der Waals surface area contributed by atoms with E-state index in [0.717, 1.165) is 36.1 Å². The Bertz CT molecular complexity index is 1030.